The molecule has 0 saturated carbocycles. The molecule has 1 aromatic carbocycles. The molecule has 9 nitrogen and oxygen atoms in total. The number of hydrogen-bond acceptors (Lipinski definition) is 7. The van der Waals surface area contributed by atoms with E-state index in [9.17, 15) is 9.90 Å². The third-order valence-corrected chi connectivity index (χ3v) is 5.07. The molecule has 0 radical (unpaired) electrons. The van der Waals surface area contributed by atoms with Crippen molar-refractivity contribution in [2.24, 2.45) is 0 Å². The Kier molecular flexibility index (Phi) is 4.56. The molecule has 0 aliphatic carbocycles. The molecule has 2 saturated heterocycles. The summed E-state index contributed by atoms with van der Waals surface area (Å²) in [5, 5.41) is 24.2. The number of aromatic hydroxyl groups is 1. The highest BCUT2D eigenvalue weighted by Crippen LogP contribution is 2.34. The van der Waals surface area contributed by atoms with Crippen molar-refractivity contribution in [1.82, 2.24) is 25.5 Å². The lowest BCUT2D eigenvalue weighted by atomic mass is 9.84. The first kappa shape index (κ1) is 16.9. The van der Waals surface area contributed by atoms with Crippen LogP contribution >= 0.6 is 0 Å². The van der Waals surface area contributed by atoms with Crippen LogP contribution in [0.15, 0.2) is 24.5 Å². The molecule has 2 aliphatic heterocycles. The van der Waals surface area contributed by atoms with Crippen LogP contribution in [0.4, 0.5) is 0 Å². The summed E-state index contributed by atoms with van der Waals surface area (Å²) in [7, 11) is 0. The lowest BCUT2D eigenvalue weighted by Crippen LogP contribution is -2.51. The molecule has 2 aliphatic rings. The van der Waals surface area contributed by atoms with Gasteiger partial charge in [0.25, 0.3) is 5.91 Å². The van der Waals surface area contributed by atoms with Crippen LogP contribution in [0.5, 0.6) is 5.75 Å². The van der Waals surface area contributed by atoms with Gasteiger partial charge in [0, 0.05) is 31.9 Å². The number of aromatic nitrogens is 4. The van der Waals surface area contributed by atoms with Crippen LogP contribution in [0, 0.1) is 0 Å². The van der Waals surface area contributed by atoms with Crippen LogP contribution in [0.2, 0.25) is 0 Å². The number of nitrogens with zero attached hydrogens (tertiary/aromatic N) is 4. The molecule has 1 amide bonds. The van der Waals surface area contributed by atoms with E-state index in [0.29, 0.717) is 25.5 Å². The van der Waals surface area contributed by atoms with Gasteiger partial charge in [-0.15, -0.1) is 5.10 Å². The summed E-state index contributed by atoms with van der Waals surface area (Å²) in [5.41, 5.74) is 0.617. The Morgan fingerprint density at radius 1 is 1.31 bits per heavy atom. The summed E-state index contributed by atoms with van der Waals surface area (Å²) in [5.74, 6) is -0.400. The number of benzene rings is 1. The number of nitrogens with one attached hydrogen (secondary N) is 1. The van der Waals surface area contributed by atoms with Crippen molar-refractivity contribution >= 4 is 5.91 Å². The molecule has 2 N–H and O–H groups in total. The molecule has 2 fully saturated rings. The maximum absolute atomic E-state index is 12.6. The van der Waals surface area contributed by atoms with Crippen LogP contribution in [0.3, 0.4) is 0 Å². The van der Waals surface area contributed by atoms with Gasteiger partial charge in [0.15, 0.2) is 0 Å². The summed E-state index contributed by atoms with van der Waals surface area (Å²) in [4.78, 5) is 12.6. The van der Waals surface area contributed by atoms with Crippen LogP contribution in [0.25, 0.3) is 5.69 Å². The van der Waals surface area contributed by atoms with E-state index >= 15 is 0 Å². The molecule has 1 atom stereocenters. The van der Waals surface area contributed by atoms with E-state index in [2.05, 4.69) is 20.8 Å². The fourth-order valence-corrected chi connectivity index (χ4v) is 3.64. The third-order valence-electron chi connectivity index (χ3n) is 5.07. The van der Waals surface area contributed by atoms with E-state index in [1.807, 2.05) is 0 Å². The van der Waals surface area contributed by atoms with Gasteiger partial charge in [-0.25, -0.2) is 4.68 Å². The Morgan fingerprint density at radius 2 is 2.15 bits per heavy atom. The lowest BCUT2D eigenvalue weighted by molar-refractivity contribution is -0.139. The Balaban J connectivity index is 1.44. The topological polar surface area (TPSA) is 111 Å². The minimum absolute atomic E-state index is 0.0212. The zero-order valence-corrected chi connectivity index (χ0v) is 14.3. The zero-order valence-electron chi connectivity index (χ0n) is 14.3. The van der Waals surface area contributed by atoms with E-state index in [4.69, 9.17) is 9.47 Å². The number of carbonyl (C=O) groups excluding carboxylic acids is 1. The summed E-state index contributed by atoms with van der Waals surface area (Å²) in [6, 6.07) is 4.75. The fraction of sp³-hybridized carbons (Fsp3) is 0.529. The van der Waals surface area contributed by atoms with Gasteiger partial charge in [-0.2, -0.15) is 0 Å². The predicted molar refractivity (Wildman–Crippen MR) is 90.0 cm³/mol. The number of amides is 1. The second-order valence-electron chi connectivity index (χ2n) is 6.76. The highest BCUT2D eigenvalue weighted by molar-refractivity contribution is 5.97. The number of hydrogen-bond donors (Lipinski definition) is 2. The minimum Gasteiger partial charge on any atom is -0.507 e. The molecule has 0 bridgehead atoms. The number of phenols is 1. The van der Waals surface area contributed by atoms with Gasteiger partial charge in [0.2, 0.25) is 0 Å². The minimum atomic E-state index is -0.292. The van der Waals surface area contributed by atoms with E-state index in [1.165, 1.54) is 17.1 Å². The molecular weight excluding hydrogens is 338 g/mol. The summed E-state index contributed by atoms with van der Waals surface area (Å²) in [6.07, 6.45) is 4.66. The largest absolute Gasteiger partial charge is 0.507 e. The molecule has 2 aromatic rings. The Morgan fingerprint density at radius 3 is 2.88 bits per heavy atom. The maximum Gasteiger partial charge on any atom is 0.255 e. The first-order chi connectivity index (χ1) is 12.7. The smallest absolute Gasteiger partial charge is 0.255 e. The van der Waals surface area contributed by atoms with E-state index < -0.39 is 0 Å². The Bertz CT molecular complexity index is 768. The van der Waals surface area contributed by atoms with Gasteiger partial charge in [-0.1, -0.05) is 0 Å². The number of ether oxygens (including phenoxy) is 2. The van der Waals surface area contributed by atoms with Crippen molar-refractivity contribution in [3.8, 4) is 11.4 Å². The van der Waals surface area contributed by atoms with Gasteiger partial charge in [-0.3, -0.25) is 4.79 Å². The Labute approximate surface area is 150 Å². The molecule has 1 aromatic heterocycles. The van der Waals surface area contributed by atoms with Crippen LogP contribution in [0.1, 0.15) is 36.0 Å². The van der Waals surface area contributed by atoms with Crippen LogP contribution < -0.4 is 5.32 Å². The molecule has 1 spiro atoms. The SMILES string of the molecule is O=C(N[C@@H]1CCOC2(CCOCC2)C1)c1ccc(-n2cnnn2)cc1O. The van der Waals surface area contributed by atoms with Crippen LogP contribution in [-0.4, -0.2) is 62.7 Å². The first-order valence-electron chi connectivity index (χ1n) is 8.74. The molecule has 9 heteroatoms. The molecule has 0 unspecified atom stereocenters. The fourth-order valence-electron chi connectivity index (χ4n) is 3.64. The summed E-state index contributed by atoms with van der Waals surface area (Å²) < 4.78 is 12.8. The van der Waals surface area contributed by atoms with Crippen molar-refractivity contribution in [2.45, 2.75) is 37.3 Å². The summed E-state index contributed by atoms with van der Waals surface area (Å²) in [6.45, 7) is 2.01. The third kappa shape index (κ3) is 3.40. The van der Waals surface area contributed by atoms with Gasteiger partial charge >= 0.3 is 0 Å². The average Bonchev–Trinajstić information content (AvgIpc) is 3.17. The maximum atomic E-state index is 12.6. The van der Waals surface area contributed by atoms with E-state index in [0.717, 1.165) is 25.7 Å². The normalized spacial score (nSPS) is 22.2. The van der Waals surface area contributed by atoms with Crippen molar-refractivity contribution in [2.75, 3.05) is 19.8 Å². The first-order valence-corrected chi connectivity index (χ1v) is 8.74. The van der Waals surface area contributed by atoms with Crippen LogP contribution in [-0.2, 0) is 9.47 Å². The van der Waals surface area contributed by atoms with Crippen molar-refractivity contribution in [1.29, 1.82) is 0 Å². The molecule has 4 rings (SSSR count). The van der Waals surface area contributed by atoms with Gasteiger partial charge in [-0.05, 0) is 48.2 Å². The molecule has 26 heavy (non-hydrogen) atoms. The van der Waals surface area contributed by atoms with E-state index in [-0.39, 0.29) is 28.9 Å². The quantitative estimate of drug-likeness (QED) is 0.835. The van der Waals surface area contributed by atoms with E-state index in [1.54, 1.807) is 12.1 Å². The van der Waals surface area contributed by atoms with Gasteiger partial charge in [0.1, 0.15) is 12.1 Å². The molecule has 138 valence electrons. The van der Waals surface area contributed by atoms with Gasteiger partial charge < -0.3 is 19.9 Å². The Hall–Kier alpha value is -2.52. The number of rotatable bonds is 3. The standard InChI is InChI=1S/C17H21N5O4/c23-15-9-13(22-11-18-20-21-22)1-2-14(15)16(24)19-12-3-6-26-17(10-12)4-7-25-8-5-17/h1-2,9,11-12,23H,3-8,10H2,(H,19,24)/t12-/m1/s1. The predicted octanol–water partition coefficient (Wildman–Crippen LogP) is 0.826. The molecule has 3 heterocycles. The highest BCUT2D eigenvalue weighted by Gasteiger charge is 2.39. The second kappa shape index (κ2) is 7.00. The second-order valence-corrected chi connectivity index (χ2v) is 6.76. The van der Waals surface area contributed by atoms with Crippen molar-refractivity contribution < 1.29 is 19.4 Å². The number of carbonyl (C=O) groups is 1. The lowest BCUT2D eigenvalue weighted by Gasteiger charge is -2.43. The number of tetrazole rings is 1. The monoisotopic (exact) mass is 359 g/mol. The van der Waals surface area contributed by atoms with Crippen molar-refractivity contribution in [3.63, 3.8) is 0 Å². The van der Waals surface area contributed by atoms with Gasteiger partial charge in [0.05, 0.1) is 16.9 Å². The zero-order chi connectivity index (χ0) is 18.0. The van der Waals surface area contributed by atoms with Crippen molar-refractivity contribution in [3.05, 3.63) is 30.1 Å². The number of phenolic OH excluding ortho intramolecular Hbond substituents is 1. The molecular formula is C17H21N5O4. The highest BCUT2D eigenvalue weighted by atomic mass is 16.5. The average molecular weight is 359 g/mol. The summed E-state index contributed by atoms with van der Waals surface area (Å²) >= 11 is 0.